The van der Waals surface area contributed by atoms with E-state index in [1.807, 2.05) is 0 Å². The Kier molecular flexibility index (Phi) is 5.29. The predicted octanol–water partition coefficient (Wildman–Crippen LogP) is 2.84. The number of nitrogens with one attached hydrogen (secondary N) is 1. The Balaban J connectivity index is 1.93. The number of carbonyl (C=O) groups excluding carboxylic acids is 1. The van der Waals surface area contributed by atoms with Gasteiger partial charge in [-0.05, 0) is 31.1 Å². The van der Waals surface area contributed by atoms with Crippen LogP contribution in [0.5, 0.6) is 0 Å². The average Bonchev–Trinajstić information content (AvgIpc) is 2.45. The van der Waals surface area contributed by atoms with Gasteiger partial charge in [-0.15, -0.1) is 0 Å². The van der Waals surface area contributed by atoms with Crippen LogP contribution in [-0.2, 0) is 9.53 Å². The topological polar surface area (TPSA) is 58.6 Å². The van der Waals surface area contributed by atoms with Gasteiger partial charge in [0.05, 0.1) is 12.7 Å². The summed E-state index contributed by atoms with van der Waals surface area (Å²) in [6.07, 6.45) is 2.60. The maximum atomic E-state index is 11.8. The van der Waals surface area contributed by atoms with Crippen molar-refractivity contribution in [1.82, 2.24) is 5.32 Å². The first-order chi connectivity index (χ1) is 9.58. The van der Waals surface area contributed by atoms with Gasteiger partial charge < -0.3 is 15.2 Å². The molecule has 1 aromatic carbocycles. The molecule has 0 aromatic heterocycles. The third-order valence-electron chi connectivity index (χ3n) is 2.94. The molecule has 0 bridgehead atoms. The lowest BCUT2D eigenvalue weighted by Gasteiger charge is -2.17. The molecule has 0 radical (unpaired) electrons. The van der Waals surface area contributed by atoms with Crippen molar-refractivity contribution in [1.29, 1.82) is 0 Å². The molecule has 0 saturated carbocycles. The van der Waals surface area contributed by atoms with E-state index in [0.717, 1.165) is 12.8 Å². The molecule has 108 valence electrons. The van der Waals surface area contributed by atoms with Crippen LogP contribution in [0.1, 0.15) is 24.5 Å². The number of carbonyl (C=O) groups is 1. The minimum absolute atomic E-state index is 0.0564. The summed E-state index contributed by atoms with van der Waals surface area (Å²) in [6, 6.07) is 4.83. The van der Waals surface area contributed by atoms with Crippen molar-refractivity contribution >= 4 is 29.1 Å². The first kappa shape index (κ1) is 15.2. The quantitative estimate of drug-likeness (QED) is 0.898. The van der Waals surface area contributed by atoms with Gasteiger partial charge in [0.25, 0.3) is 5.91 Å². The molecule has 4 nitrogen and oxygen atoms in total. The summed E-state index contributed by atoms with van der Waals surface area (Å²) < 4.78 is 5.24. The zero-order chi connectivity index (χ0) is 14.5. The number of aliphatic hydroxyl groups is 1. The van der Waals surface area contributed by atoms with Gasteiger partial charge in [0.15, 0.2) is 5.76 Å². The second-order valence-corrected chi connectivity index (χ2v) is 5.29. The fourth-order valence-corrected chi connectivity index (χ4v) is 2.41. The molecule has 0 aliphatic carbocycles. The Labute approximate surface area is 127 Å². The lowest BCUT2D eigenvalue weighted by molar-refractivity contribution is -0.121. The van der Waals surface area contributed by atoms with Gasteiger partial charge >= 0.3 is 0 Å². The molecule has 0 fully saturated rings. The average molecular weight is 316 g/mol. The van der Waals surface area contributed by atoms with Crippen molar-refractivity contribution in [3.8, 4) is 0 Å². The standard InChI is InChI=1S/C14H15Cl2NO3/c15-9-4-5-10(11(16)7-9)12(18)8-17-14(19)13-3-1-2-6-20-13/h3-5,7,12,18H,1-2,6,8H2,(H,17,19). The van der Waals surface area contributed by atoms with Crippen molar-refractivity contribution in [2.75, 3.05) is 13.2 Å². The molecular formula is C14H15Cl2NO3. The monoisotopic (exact) mass is 315 g/mol. The second-order valence-electron chi connectivity index (χ2n) is 4.45. The van der Waals surface area contributed by atoms with Gasteiger partial charge in [0, 0.05) is 22.2 Å². The van der Waals surface area contributed by atoms with E-state index < -0.39 is 6.10 Å². The first-order valence-corrected chi connectivity index (χ1v) is 7.07. The number of allylic oxidation sites excluding steroid dienone is 1. The van der Waals surface area contributed by atoms with Crippen LogP contribution < -0.4 is 5.32 Å². The number of ether oxygens (including phenoxy) is 1. The highest BCUT2D eigenvalue weighted by Gasteiger charge is 2.17. The van der Waals surface area contributed by atoms with Gasteiger partial charge in [-0.25, -0.2) is 0 Å². The van der Waals surface area contributed by atoms with Crippen LogP contribution in [0.4, 0.5) is 0 Å². The molecule has 1 aliphatic rings. The number of amides is 1. The number of halogens is 2. The van der Waals surface area contributed by atoms with Crippen molar-refractivity contribution in [3.63, 3.8) is 0 Å². The molecule has 20 heavy (non-hydrogen) atoms. The van der Waals surface area contributed by atoms with Gasteiger partial charge in [0.1, 0.15) is 0 Å². The van der Waals surface area contributed by atoms with E-state index in [1.54, 1.807) is 24.3 Å². The van der Waals surface area contributed by atoms with Gasteiger partial charge in [0.2, 0.25) is 0 Å². The zero-order valence-corrected chi connectivity index (χ0v) is 12.2. The number of hydrogen-bond acceptors (Lipinski definition) is 3. The largest absolute Gasteiger partial charge is 0.488 e. The molecule has 6 heteroatoms. The second kappa shape index (κ2) is 6.97. The van der Waals surface area contributed by atoms with E-state index in [2.05, 4.69) is 5.32 Å². The number of aliphatic hydroxyl groups excluding tert-OH is 1. The van der Waals surface area contributed by atoms with Gasteiger partial charge in [-0.1, -0.05) is 29.3 Å². The number of benzene rings is 1. The van der Waals surface area contributed by atoms with E-state index >= 15 is 0 Å². The van der Waals surface area contributed by atoms with E-state index in [0.29, 0.717) is 28.0 Å². The molecule has 1 amide bonds. The van der Waals surface area contributed by atoms with Gasteiger partial charge in [-0.3, -0.25) is 4.79 Å². The van der Waals surface area contributed by atoms with Crippen molar-refractivity contribution in [2.24, 2.45) is 0 Å². The summed E-state index contributed by atoms with van der Waals surface area (Å²) in [5.41, 5.74) is 0.523. The normalized spacial score (nSPS) is 16.1. The fraction of sp³-hybridized carbons (Fsp3) is 0.357. The number of hydrogen-bond donors (Lipinski definition) is 2. The van der Waals surface area contributed by atoms with Crippen LogP contribution >= 0.6 is 23.2 Å². The van der Waals surface area contributed by atoms with Crippen LogP contribution in [-0.4, -0.2) is 24.2 Å². The molecule has 2 N–H and O–H groups in total. The van der Waals surface area contributed by atoms with E-state index in [9.17, 15) is 9.90 Å². The van der Waals surface area contributed by atoms with Crippen molar-refractivity contribution in [2.45, 2.75) is 18.9 Å². The maximum absolute atomic E-state index is 11.8. The smallest absolute Gasteiger partial charge is 0.286 e. The highest BCUT2D eigenvalue weighted by molar-refractivity contribution is 6.35. The van der Waals surface area contributed by atoms with Crippen LogP contribution in [0.3, 0.4) is 0 Å². The van der Waals surface area contributed by atoms with E-state index in [-0.39, 0.29) is 12.5 Å². The Bertz CT molecular complexity index is 531. The predicted molar refractivity (Wildman–Crippen MR) is 77.7 cm³/mol. The minimum Gasteiger partial charge on any atom is -0.488 e. The first-order valence-electron chi connectivity index (χ1n) is 6.32. The molecular weight excluding hydrogens is 301 g/mol. The summed E-state index contributed by atoms with van der Waals surface area (Å²) >= 11 is 11.8. The summed E-state index contributed by atoms with van der Waals surface area (Å²) in [7, 11) is 0. The molecule has 1 aromatic rings. The highest BCUT2D eigenvalue weighted by Crippen LogP contribution is 2.26. The summed E-state index contributed by atoms with van der Waals surface area (Å²) in [5.74, 6) is -0.0144. The molecule has 1 atom stereocenters. The third-order valence-corrected chi connectivity index (χ3v) is 3.50. The Hall–Kier alpha value is -1.23. The number of rotatable bonds is 4. The molecule has 0 saturated heterocycles. The highest BCUT2D eigenvalue weighted by atomic mass is 35.5. The molecule has 1 unspecified atom stereocenters. The van der Waals surface area contributed by atoms with Gasteiger partial charge in [-0.2, -0.15) is 0 Å². The SMILES string of the molecule is O=C(NCC(O)c1ccc(Cl)cc1Cl)C1=CCCCO1. The van der Waals surface area contributed by atoms with Crippen molar-refractivity contribution in [3.05, 3.63) is 45.6 Å². The third kappa shape index (κ3) is 3.88. The van der Waals surface area contributed by atoms with E-state index in [1.165, 1.54) is 0 Å². The maximum Gasteiger partial charge on any atom is 0.286 e. The summed E-state index contributed by atoms with van der Waals surface area (Å²) in [4.78, 5) is 11.8. The summed E-state index contributed by atoms with van der Waals surface area (Å²) in [5, 5.41) is 13.5. The van der Waals surface area contributed by atoms with Crippen LogP contribution in [0.15, 0.2) is 30.0 Å². The Morgan fingerprint density at radius 2 is 2.25 bits per heavy atom. The fourth-order valence-electron chi connectivity index (χ4n) is 1.87. The molecule has 2 rings (SSSR count). The molecule has 1 aliphatic heterocycles. The Morgan fingerprint density at radius 3 is 2.90 bits per heavy atom. The van der Waals surface area contributed by atoms with Crippen molar-refractivity contribution < 1.29 is 14.6 Å². The van der Waals surface area contributed by atoms with Crippen LogP contribution in [0, 0.1) is 0 Å². The lowest BCUT2D eigenvalue weighted by Crippen LogP contribution is -2.31. The Morgan fingerprint density at radius 1 is 1.45 bits per heavy atom. The van der Waals surface area contributed by atoms with Crippen LogP contribution in [0.25, 0.3) is 0 Å². The minimum atomic E-state index is -0.895. The summed E-state index contributed by atoms with van der Waals surface area (Å²) in [6.45, 7) is 0.603. The van der Waals surface area contributed by atoms with Crippen LogP contribution in [0.2, 0.25) is 10.0 Å². The lowest BCUT2D eigenvalue weighted by atomic mass is 10.1. The zero-order valence-electron chi connectivity index (χ0n) is 10.7. The molecule has 0 spiro atoms. The van der Waals surface area contributed by atoms with E-state index in [4.69, 9.17) is 27.9 Å². The molecule has 1 heterocycles.